The van der Waals surface area contributed by atoms with E-state index in [-0.39, 0.29) is 4.69 Å². The minimum atomic E-state index is -0.453. The molecular formula is C13H9BrO3. The molecule has 0 atom stereocenters. The average molecular weight is 293 g/mol. The second kappa shape index (κ2) is 4.67. The molecule has 2 aromatic carbocycles. The SMILES string of the molecule is COC(=O)c1cc(C(=O)Br)c2ccccc2c1. The van der Waals surface area contributed by atoms with Crippen LogP contribution in [0.4, 0.5) is 0 Å². The van der Waals surface area contributed by atoms with Crippen LogP contribution in [0.5, 0.6) is 0 Å². The molecule has 0 fully saturated rings. The van der Waals surface area contributed by atoms with Crippen molar-refractivity contribution in [3.63, 3.8) is 0 Å². The van der Waals surface area contributed by atoms with Gasteiger partial charge >= 0.3 is 5.97 Å². The third-order valence-corrected chi connectivity index (χ3v) is 2.92. The molecular weight excluding hydrogens is 284 g/mol. The number of hydrogen-bond acceptors (Lipinski definition) is 3. The Morgan fingerprint density at radius 2 is 1.88 bits per heavy atom. The van der Waals surface area contributed by atoms with Gasteiger partial charge in [0.1, 0.15) is 0 Å². The lowest BCUT2D eigenvalue weighted by Crippen LogP contribution is -2.03. The number of carbonyl (C=O) groups excluding carboxylic acids is 2. The van der Waals surface area contributed by atoms with Crippen LogP contribution < -0.4 is 0 Å². The molecule has 2 rings (SSSR count). The van der Waals surface area contributed by atoms with E-state index >= 15 is 0 Å². The lowest BCUT2D eigenvalue weighted by Gasteiger charge is -2.06. The maximum Gasteiger partial charge on any atom is 0.337 e. The van der Waals surface area contributed by atoms with Crippen LogP contribution in [0.25, 0.3) is 10.8 Å². The first-order valence-electron chi connectivity index (χ1n) is 4.94. The summed E-state index contributed by atoms with van der Waals surface area (Å²) in [4.78, 5) is 23.0. The maximum absolute atomic E-state index is 11.5. The molecule has 0 N–H and O–H groups in total. The standard InChI is InChI=1S/C13H9BrO3/c1-17-13(16)9-6-8-4-2-3-5-10(8)11(7-9)12(14)15/h2-7H,1H3. The first-order chi connectivity index (χ1) is 8.13. The van der Waals surface area contributed by atoms with Gasteiger partial charge in [0.15, 0.2) is 0 Å². The van der Waals surface area contributed by atoms with Crippen molar-refractivity contribution < 1.29 is 14.3 Å². The van der Waals surface area contributed by atoms with Crippen molar-refractivity contribution in [3.05, 3.63) is 47.5 Å². The van der Waals surface area contributed by atoms with Crippen LogP contribution in [0.15, 0.2) is 36.4 Å². The maximum atomic E-state index is 11.5. The molecule has 0 aromatic heterocycles. The summed E-state index contributed by atoms with van der Waals surface area (Å²) in [7, 11) is 1.31. The van der Waals surface area contributed by atoms with Crippen LogP contribution in [0.3, 0.4) is 0 Å². The van der Waals surface area contributed by atoms with Crippen LogP contribution in [-0.4, -0.2) is 17.8 Å². The summed E-state index contributed by atoms with van der Waals surface area (Å²) in [5, 5.41) is 1.64. The highest BCUT2D eigenvalue weighted by atomic mass is 79.9. The third-order valence-electron chi connectivity index (χ3n) is 2.49. The number of carbonyl (C=O) groups is 2. The highest BCUT2D eigenvalue weighted by Crippen LogP contribution is 2.23. The summed E-state index contributed by atoms with van der Waals surface area (Å²) < 4.78 is 4.40. The number of hydrogen-bond donors (Lipinski definition) is 0. The van der Waals surface area contributed by atoms with Crippen LogP contribution in [0.1, 0.15) is 20.7 Å². The molecule has 4 heteroatoms. The molecule has 0 amide bonds. The van der Waals surface area contributed by atoms with E-state index in [0.717, 1.165) is 10.8 Å². The highest BCUT2D eigenvalue weighted by Gasteiger charge is 2.13. The number of esters is 1. The molecule has 86 valence electrons. The van der Waals surface area contributed by atoms with Gasteiger partial charge in [-0.15, -0.1) is 0 Å². The van der Waals surface area contributed by atoms with Gasteiger partial charge < -0.3 is 4.74 Å². The summed E-state index contributed by atoms with van der Waals surface area (Å²) in [6.07, 6.45) is 0. The van der Waals surface area contributed by atoms with Crippen molar-refractivity contribution in [1.29, 1.82) is 0 Å². The summed E-state index contributed by atoms with van der Waals surface area (Å²) in [6.45, 7) is 0. The van der Waals surface area contributed by atoms with E-state index in [2.05, 4.69) is 20.7 Å². The van der Waals surface area contributed by atoms with Gasteiger partial charge in [-0.1, -0.05) is 24.3 Å². The number of fused-ring (bicyclic) bond motifs is 1. The minimum absolute atomic E-state index is 0.251. The summed E-state index contributed by atoms with van der Waals surface area (Å²) >= 11 is 2.92. The van der Waals surface area contributed by atoms with Gasteiger partial charge in [-0.05, 0) is 38.8 Å². The Hall–Kier alpha value is -1.68. The predicted octanol–water partition coefficient (Wildman–Crippen LogP) is 3.16. The van der Waals surface area contributed by atoms with E-state index < -0.39 is 5.97 Å². The molecule has 0 aliphatic rings. The topological polar surface area (TPSA) is 43.4 Å². The monoisotopic (exact) mass is 292 g/mol. The van der Waals surface area contributed by atoms with E-state index in [1.807, 2.05) is 24.3 Å². The average Bonchev–Trinajstić information content (AvgIpc) is 2.36. The first kappa shape index (κ1) is 11.8. The van der Waals surface area contributed by atoms with Gasteiger partial charge in [0.2, 0.25) is 4.69 Å². The van der Waals surface area contributed by atoms with Gasteiger partial charge in [0, 0.05) is 5.56 Å². The Kier molecular flexibility index (Phi) is 3.24. The fourth-order valence-corrected chi connectivity index (χ4v) is 2.04. The van der Waals surface area contributed by atoms with Crippen molar-refractivity contribution in [2.24, 2.45) is 0 Å². The molecule has 0 saturated carbocycles. The predicted molar refractivity (Wildman–Crippen MR) is 68.5 cm³/mol. The van der Waals surface area contributed by atoms with E-state index in [1.54, 1.807) is 6.07 Å². The largest absolute Gasteiger partial charge is 0.465 e. The molecule has 0 spiro atoms. The van der Waals surface area contributed by atoms with Gasteiger partial charge in [-0.25, -0.2) is 4.79 Å². The van der Waals surface area contributed by atoms with E-state index in [9.17, 15) is 9.59 Å². The smallest absolute Gasteiger partial charge is 0.337 e. The molecule has 2 aromatic rings. The molecule has 0 saturated heterocycles. The second-order valence-electron chi connectivity index (χ2n) is 3.51. The fourth-order valence-electron chi connectivity index (χ4n) is 1.71. The number of benzene rings is 2. The quantitative estimate of drug-likeness (QED) is 0.631. The van der Waals surface area contributed by atoms with Crippen molar-refractivity contribution in [3.8, 4) is 0 Å². The summed E-state index contributed by atoms with van der Waals surface area (Å²) in [5.74, 6) is -0.453. The Balaban J connectivity index is 2.76. The zero-order chi connectivity index (χ0) is 12.4. The Morgan fingerprint density at radius 1 is 1.18 bits per heavy atom. The molecule has 0 heterocycles. The summed E-state index contributed by atoms with van der Waals surface area (Å²) in [5.41, 5.74) is 0.831. The molecule has 17 heavy (non-hydrogen) atoms. The van der Waals surface area contributed by atoms with Crippen LogP contribution in [-0.2, 0) is 4.74 Å². The van der Waals surface area contributed by atoms with E-state index in [4.69, 9.17) is 0 Å². The number of rotatable bonds is 2. The highest BCUT2D eigenvalue weighted by molar-refractivity contribution is 9.18. The second-order valence-corrected chi connectivity index (χ2v) is 4.23. The normalized spacial score (nSPS) is 10.2. The lowest BCUT2D eigenvalue weighted by molar-refractivity contribution is 0.0601. The third kappa shape index (κ3) is 2.22. The minimum Gasteiger partial charge on any atom is -0.465 e. The van der Waals surface area contributed by atoms with Crippen LogP contribution in [0, 0.1) is 0 Å². The molecule has 0 radical (unpaired) electrons. The van der Waals surface area contributed by atoms with Crippen LogP contribution in [0.2, 0.25) is 0 Å². The van der Waals surface area contributed by atoms with Gasteiger partial charge in [-0.3, -0.25) is 4.79 Å². The molecule has 0 aliphatic heterocycles. The van der Waals surface area contributed by atoms with E-state index in [0.29, 0.717) is 11.1 Å². The zero-order valence-corrected chi connectivity index (χ0v) is 10.7. The Labute approximate surface area is 107 Å². The molecule has 0 unspecified atom stereocenters. The van der Waals surface area contributed by atoms with Gasteiger partial charge in [0.05, 0.1) is 12.7 Å². The number of halogens is 1. The zero-order valence-electron chi connectivity index (χ0n) is 9.07. The van der Waals surface area contributed by atoms with Crippen molar-refractivity contribution in [1.82, 2.24) is 0 Å². The Morgan fingerprint density at radius 3 is 2.53 bits per heavy atom. The lowest BCUT2D eigenvalue weighted by atomic mass is 10.0. The van der Waals surface area contributed by atoms with Crippen molar-refractivity contribution in [2.75, 3.05) is 7.11 Å². The van der Waals surface area contributed by atoms with Gasteiger partial charge in [-0.2, -0.15) is 0 Å². The first-order valence-corrected chi connectivity index (χ1v) is 5.73. The summed E-state index contributed by atoms with van der Waals surface area (Å²) in [6, 6.07) is 10.6. The fraction of sp³-hybridized carbons (Fsp3) is 0.0769. The number of methoxy groups -OCH3 is 1. The van der Waals surface area contributed by atoms with E-state index in [1.165, 1.54) is 13.2 Å². The van der Waals surface area contributed by atoms with Crippen LogP contribution >= 0.6 is 15.9 Å². The van der Waals surface area contributed by atoms with Crippen molar-refractivity contribution in [2.45, 2.75) is 0 Å². The number of ether oxygens (including phenoxy) is 1. The van der Waals surface area contributed by atoms with Gasteiger partial charge in [0.25, 0.3) is 0 Å². The molecule has 0 aliphatic carbocycles. The molecule has 3 nitrogen and oxygen atoms in total. The van der Waals surface area contributed by atoms with Crippen molar-refractivity contribution >= 4 is 37.4 Å². The molecule has 0 bridgehead atoms. The Bertz CT molecular complexity index is 605.